The molecule has 1 aromatic rings. The number of alkyl halides is 3. The van der Waals surface area contributed by atoms with Crippen LogP contribution in [0.5, 0.6) is 0 Å². The van der Waals surface area contributed by atoms with Crippen molar-refractivity contribution >= 4 is 0 Å². The van der Waals surface area contributed by atoms with Gasteiger partial charge in [0.05, 0.1) is 11.2 Å². The summed E-state index contributed by atoms with van der Waals surface area (Å²) in [6, 6.07) is 5.20. The number of aliphatic hydroxyl groups is 1. The molecule has 5 heteroatoms. The van der Waals surface area contributed by atoms with Crippen LogP contribution < -0.4 is 0 Å². The SMILES string of the molecule is COC1(C(O)c2ccccc2C(F)(F)F)CCC(C)CC1. The lowest BCUT2D eigenvalue weighted by Crippen LogP contribution is -2.42. The van der Waals surface area contributed by atoms with E-state index in [1.54, 1.807) is 0 Å². The van der Waals surface area contributed by atoms with Gasteiger partial charge < -0.3 is 9.84 Å². The Morgan fingerprint density at radius 1 is 1.24 bits per heavy atom. The summed E-state index contributed by atoms with van der Waals surface area (Å²) >= 11 is 0. The highest BCUT2D eigenvalue weighted by molar-refractivity contribution is 5.33. The number of ether oxygens (including phenoxy) is 1. The molecule has 0 saturated heterocycles. The van der Waals surface area contributed by atoms with E-state index in [1.807, 2.05) is 0 Å². The van der Waals surface area contributed by atoms with Crippen LogP contribution in [0.1, 0.15) is 49.8 Å². The van der Waals surface area contributed by atoms with E-state index in [0.717, 1.165) is 18.9 Å². The maximum absolute atomic E-state index is 13.1. The topological polar surface area (TPSA) is 29.5 Å². The van der Waals surface area contributed by atoms with E-state index in [-0.39, 0.29) is 5.56 Å². The average molecular weight is 302 g/mol. The molecule has 2 rings (SSSR count). The van der Waals surface area contributed by atoms with E-state index in [4.69, 9.17) is 4.74 Å². The van der Waals surface area contributed by atoms with Crippen molar-refractivity contribution in [2.75, 3.05) is 7.11 Å². The molecule has 1 aromatic carbocycles. The second-order valence-electron chi connectivity index (χ2n) is 5.94. The maximum atomic E-state index is 13.1. The lowest BCUT2D eigenvalue weighted by molar-refractivity contribution is -0.149. The largest absolute Gasteiger partial charge is 0.416 e. The molecule has 0 amide bonds. The molecule has 1 N–H and O–H groups in total. The van der Waals surface area contributed by atoms with E-state index in [2.05, 4.69) is 6.92 Å². The summed E-state index contributed by atoms with van der Waals surface area (Å²) in [5.74, 6) is 0.512. The van der Waals surface area contributed by atoms with Gasteiger partial charge in [-0.15, -0.1) is 0 Å². The van der Waals surface area contributed by atoms with E-state index >= 15 is 0 Å². The van der Waals surface area contributed by atoms with Crippen LogP contribution in [-0.4, -0.2) is 17.8 Å². The molecular weight excluding hydrogens is 281 g/mol. The summed E-state index contributed by atoms with van der Waals surface area (Å²) in [6.45, 7) is 2.11. The van der Waals surface area contributed by atoms with Gasteiger partial charge in [-0.3, -0.25) is 0 Å². The van der Waals surface area contributed by atoms with Crippen molar-refractivity contribution in [1.29, 1.82) is 0 Å². The van der Waals surface area contributed by atoms with Crippen LogP contribution in [0, 0.1) is 5.92 Å². The highest BCUT2D eigenvalue weighted by Crippen LogP contribution is 2.45. The number of methoxy groups -OCH3 is 1. The molecule has 1 unspecified atom stereocenters. The van der Waals surface area contributed by atoms with Crippen molar-refractivity contribution in [1.82, 2.24) is 0 Å². The van der Waals surface area contributed by atoms with E-state index in [9.17, 15) is 18.3 Å². The van der Waals surface area contributed by atoms with Crippen molar-refractivity contribution in [3.05, 3.63) is 35.4 Å². The fourth-order valence-electron chi connectivity index (χ4n) is 3.12. The van der Waals surface area contributed by atoms with Crippen LogP contribution in [-0.2, 0) is 10.9 Å². The molecule has 0 radical (unpaired) electrons. The molecule has 0 aliphatic heterocycles. The summed E-state index contributed by atoms with van der Waals surface area (Å²) in [5, 5.41) is 10.6. The fraction of sp³-hybridized carbons (Fsp3) is 0.625. The van der Waals surface area contributed by atoms with Crippen molar-refractivity contribution in [3.63, 3.8) is 0 Å². The van der Waals surface area contributed by atoms with Crippen molar-refractivity contribution < 1.29 is 23.0 Å². The number of rotatable bonds is 3. The first kappa shape index (κ1) is 16.3. The highest BCUT2D eigenvalue weighted by atomic mass is 19.4. The Hall–Kier alpha value is -1.07. The molecule has 1 aliphatic rings. The Kier molecular flexibility index (Phi) is 4.63. The zero-order chi connectivity index (χ0) is 15.7. The van der Waals surface area contributed by atoms with Crippen LogP contribution in [0.2, 0.25) is 0 Å². The standard InChI is InChI=1S/C16H21F3O2/c1-11-7-9-15(21-2,10-8-11)14(20)12-5-3-4-6-13(12)16(17,18)19/h3-6,11,14,20H,7-10H2,1-2H3. The Labute approximate surface area is 122 Å². The smallest absolute Gasteiger partial charge is 0.385 e. The molecule has 1 saturated carbocycles. The van der Waals surface area contributed by atoms with Crippen molar-refractivity contribution in [3.8, 4) is 0 Å². The van der Waals surface area contributed by atoms with Gasteiger partial charge in [0, 0.05) is 7.11 Å². The summed E-state index contributed by atoms with van der Waals surface area (Å²) in [7, 11) is 1.47. The third kappa shape index (κ3) is 3.24. The maximum Gasteiger partial charge on any atom is 0.416 e. The van der Waals surface area contributed by atoms with Gasteiger partial charge in [0.15, 0.2) is 0 Å². The van der Waals surface area contributed by atoms with Crippen LogP contribution in [0.15, 0.2) is 24.3 Å². The van der Waals surface area contributed by atoms with Crippen molar-refractivity contribution in [2.45, 2.75) is 50.5 Å². The van der Waals surface area contributed by atoms with Crippen molar-refractivity contribution in [2.24, 2.45) is 5.92 Å². The number of halogens is 3. The molecule has 2 nitrogen and oxygen atoms in total. The predicted octanol–water partition coefficient (Wildman–Crippen LogP) is 4.33. The molecule has 0 bridgehead atoms. The first-order valence-electron chi connectivity index (χ1n) is 7.19. The third-order valence-corrected chi connectivity index (χ3v) is 4.59. The number of aliphatic hydroxyl groups excluding tert-OH is 1. The van der Waals surface area contributed by atoms with Crippen LogP contribution >= 0.6 is 0 Å². The molecule has 0 aromatic heterocycles. The quantitative estimate of drug-likeness (QED) is 0.900. The second-order valence-corrected chi connectivity index (χ2v) is 5.94. The number of hydrogen-bond donors (Lipinski definition) is 1. The van der Waals surface area contributed by atoms with Gasteiger partial charge in [0.1, 0.15) is 6.10 Å². The highest BCUT2D eigenvalue weighted by Gasteiger charge is 2.45. The lowest BCUT2D eigenvalue weighted by Gasteiger charge is -2.42. The van der Waals surface area contributed by atoms with Gasteiger partial charge in [-0.25, -0.2) is 0 Å². The first-order chi connectivity index (χ1) is 9.80. The molecule has 21 heavy (non-hydrogen) atoms. The van der Waals surface area contributed by atoms with E-state index < -0.39 is 23.4 Å². The molecule has 0 heterocycles. The minimum absolute atomic E-state index is 0.0959. The monoisotopic (exact) mass is 302 g/mol. The summed E-state index contributed by atoms with van der Waals surface area (Å²) in [6.07, 6.45) is -2.92. The van der Waals surface area contributed by atoms with E-state index in [0.29, 0.717) is 18.8 Å². The normalized spacial score (nSPS) is 28.4. The Balaban J connectivity index is 2.37. The lowest BCUT2D eigenvalue weighted by atomic mass is 9.74. The van der Waals surface area contributed by atoms with Crippen LogP contribution in [0.4, 0.5) is 13.2 Å². The zero-order valence-electron chi connectivity index (χ0n) is 12.3. The average Bonchev–Trinajstić information content (AvgIpc) is 2.47. The second kappa shape index (κ2) is 5.97. The minimum Gasteiger partial charge on any atom is -0.385 e. The van der Waals surface area contributed by atoms with Gasteiger partial charge in [-0.1, -0.05) is 25.1 Å². The van der Waals surface area contributed by atoms with Crippen LogP contribution in [0.25, 0.3) is 0 Å². The van der Waals surface area contributed by atoms with Crippen LogP contribution in [0.3, 0.4) is 0 Å². The predicted molar refractivity (Wildman–Crippen MR) is 73.8 cm³/mol. The van der Waals surface area contributed by atoms with Gasteiger partial charge in [-0.2, -0.15) is 13.2 Å². The molecule has 1 atom stereocenters. The fourth-order valence-corrected chi connectivity index (χ4v) is 3.12. The molecule has 118 valence electrons. The Morgan fingerprint density at radius 2 is 1.81 bits per heavy atom. The van der Waals surface area contributed by atoms with E-state index in [1.165, 1.54) is 25.3 Å². The summed E-state index contributed by atoms with van der Waals surface area (Å²) in [4.78, 5) is 0. The third-order valence-electron chi connectivity index (χ3n) is 4.59. The summed E-state index contributed by atoms with van der Waals surface area (Å²) in [5.41, 5.74) is -1.80. The Morgan fingerprint density at radius 3 is 2.33 bits per heavy atom. The van der Waals surface area contributed by atoms with Gasteiger partial charge in [-0.05, 0) is 43.2 Å². The summed E-state index contributed by atoms with van der Waals surface area (Å²) < 4.78 is 44.8. The van der Waals surface area contributed by atoms with Gasteiger partial charge in [0.25, 0.3) is 0 Å². The molecule has 1 aliphatic carbocycles. The first-order valence-corrected chi connectivity index (χ1v) is 7.19. The van der Waals surface area contributed by atoms with Gasteiger partial charge in [0.2, 0.25) is 0 Å². The molecule has 1 fully saturated rings. The minimum atomic E-state index is -4.48. The number of benzene rings is 1. The molecule has 0 spiro atoms. The Bertz CT molecular complexity index is 477. The zero-order valence-corrected chi connectivity index (χ0v) is 12.3. The molecular formula is C16H21F3O2. The van der Waals surface area contributed by atoms with Gasteiger partial charge >= 0.3 is 6.18 Å². The number of hydrogen-bond acceptors (Lipinski definition) is 2.